The van der Waals surface area contributed by atoms with Gasteiger partial charge in [-0.05, 0) is 11.5 Å². The topological polar surface area (TPSA) is 48.7 Å². The van der Waals surface area contributed by atoms with Crippen molar-refractivity contribution in [3.8, 4) is 6.07 Å². The summed E-state index contributed by atoms with van der Waals surface area (Å²) in [6, 6.07) is 8.27. The molecule has 1 aromatic carbocycles. The summed E-state index contributed by atoms with van der Waals surface area (Å²) in [5.41, 5.74) is 3.63. The van der Waals surface area contributed by atoms with E-state index in [0.717, 1.165) is 16.6 Å². The Morgan fingerprint density at radius 2 is 2.12 bits per heavy atom. The first-order valence-electron chi connectivity index (χ1n) is 5.68. The van der Waals surface area contributed by atoms with E-state index in [1.807, 2.05) is 19.2 Å². The molecule has 3 nitrogen and oxygen atoms in total. The Morgan fingerprint density at radius 3 is 2.71 bits per heavy atom. The SMILES string of the molecule is CNc1c(C#N)cnc2c(C(C)C)cccc12. The maximum atomic E-state index is 9.06. The zero-order valence-corrected chi connectivity index (χ0v) is 10.3. The predicted molar refractivity (Wildman–Crippen MR) is 70.1 cm³/mol. The molecule has 0 bridgehead atoms. The van der Waals surface area contributed by atoms with E-state index in [2.05, 4.69) is 36.3 Å². The summed E-state index contributed by atoms with van der Waals surface area (Å²) in [5, 5.41) is 13.2. The van der Waals surface area contributed by atoms with Crippen LogP contribution >= 0.6 is 0 Å². The lowest BCUT2D eigenvalue weighted by Gasteiger charge is -2.12. The van der Waals surface area contributed by atoms with Gasteiger partial charge in [0, 0.05) is 18.6 Å². The van der Waals surface area contributed by atoms with E-state index in [0.29, 0.717) is 11.5 Å². The number of nitrogens with zero attached hydrogens (tertiary/aromatic N) is 2. The average Bonchev–Trinajstić information content (AvgIpc) is 2.36. The Balaban J connectivity index is 2.84. The van der Waals surface area contributed by atoms with Crippen LogP contribution in [0.25, 0.3) is 10.9 Å². The third-order valence-electron chi connectivity index (χ3n) is 2.92. The van der Waals surface area contributed by atoms with Gasteiger partial charge in [-0.1, -0.05) is 32.0 Å². The maximum Gasteiger partial charge on any atom is 0.103 e. The predicted octanol–water partition coefficient (Wildman–Crippen LogP) is 3.27. The van der Waals surface area contributed by atoms with Crippen molar-refractivity contribution in [3.05, 3.63) is 35.5 Å². The third-order valence-corrected chi connectivity index (χ3v) is 2.92. The molecule has 0 spiro atoms. The standard InChI is InChI=1S/C14H15N3/c1-9(2)11-5-4-6-12-13(16-3)10(7-15)8-17-14(11)12/h4-6,8-9H,1-3H3,(H,16,17). The van der Waals surface area contributed by atoms with Crippen molar-refractivity contribution in [2.45, 2.75) is 19.8 Å². The van der Waals surface area contributed by atoms with Crippen molar-refractivity contribution < 1.29 is 0 Å². The molecule has 0 fully saturated rings. The normalized spacial score (nSPS) is 10.5. The number of benzene rings is 1. The fourth-order valence-corrected chi connectivity index (χ4v) is 2.07. The van der Waals surface area contributed by atoms with E-state index in [1.54, 1.807) is 6.20 Å². The number of nitrogens with one attached hydrogen (secondary N) is 1. The molecule has 3 heteroatoms. The zero-order valence-electron chi connectivity index (χ0n) is 10.3. The van der Waals surface area contributed by atoms with Gasteiger partial charge < -0.3 is 5.32 Å². The second-order valence-electron chi connectivity index (χ2n) is 4.31. The van der Waals surface area contributed by atoms with Gasteiger partial charge in [0.05, 0.1) is 16.8 Å². The highest BCUT2D eigenvalue weighted by molar-refractivity contribution is 5.95. The Kier molecular flexibility index (Phi) is 2.97. The summed E-state index contributed by atoms with van der Waals surface area (Å²) in [4.78, 5) is 4.42. The number of pyridine rings is 1. The first kappa shape index (κ1) is 11.4. The molecule has 0 aliphatic carbocycles. The summed E-state index contributed by atoms with van der Waals surface area (Å²) in [7, 11) is 1.83. The molecule has 0 radical (unpaired) electrons. The smallest absolute Gasteiger partial charge is 0.103 e. The van der Waals surface area contributed by atoms with Gasteiger partial charge in [0.15, 0.2) is 0 Å². The molecule has 0 saturated heterocycles. The fraction of sp³-hybridized carbons (Fsp3) is 0.286. The lowest BCUT2D eigenvalue weighted by atomic mass is 9.98. The molecule has 0 saturated carbocycles. The largest absolute Gasteiger partial charge is 0.386 e. The molecular formula is C14H15N3. The van der Waals surface area contributed by atoms with Crippen molar-refractivity contribution in [2.24, 2.45) is 0 Å². The van der Waals surface area contributed by atoms with Crippen molar-refractivity contribution in [2.75, 3.05) is 12.4 Å². The van der Waals surface area contributed by atoms with E-state index in [1.165, 1.54) is 5.56 Å². The molecular weight excluding hydrogens is 210 g/mol. The van der Waals surface area contributed by atoms with Crippen LogP contribution in [-0.2, 0) is 0 Å². The van der Waals surface area contributed by atoms with Crippen LogP contribution in [0.3, 0.4) is 0 Å². The number of nitriles is 1. The van der Waals surface area contributed by atoms with Crippen molar-refractivity contribution in [1.29, 1.82) is 5.26 Å². The van der Waals surface area contributed by atoms with Crippen molar-refractivity contribution in [3.63, 3.8) is 0 Å². The second kappa shape index (κ2) is 4.42. The highest BCUT2D eigenvalue weighted by Crippen LogP contribution is 2.30. The van der Waals surface area contributed by atoms with E-state index in [4.69, 9.17) is 5.26 Å². The molecule has 17 heavy (non-hydrogen) atoms. The number of rotatable bonds is 2. The molecule has 0 atom stereocenters. The van der Waals surface area contributed by atoms with Gasteiger partial charge in [-0.2, -0.15) is 5.26 Å². The Bertz CT molecular complexity index is 594. The van der Waals surface area contributed by atoms with Gasteiger partial charge in [0.25, 0.3) is 0 Å². The fourth-order valence-electron chi connectivity index (χ4n) is 2.07. The minimum Gasteiger partial charge on any atom is -0.386 e. The van der Waals surface area contributed by atoms with Crippen LogP contribution in [0.15, 0.2) is 24.4 Å². The highest BCUT2D eigenvalue weighted by atomic mass is 14.8. The van der Waals surface area contributed by atoms with Crippen molar-refractivity contribution >= 4 is 16.6 Å². The van der Waals surface area contributed by atoms with E-state index in [9.17, 15) is 0 Å². The summed E-state index contributed by atoms with van der Waals surface area (Å²) in [5.74, 6) is 0.420. The molecule has 86 valence electrons. The van der Waals surface area contributed by atoms with Gasteiger partial charge in [-0.15, -0.1) is 0 Å². The van der Waals surface area contributed by atoms with Crippen molar-refractivity contribution in [1.82, 2.24) is 4.98 Å². The minimum absolute atomic E-state index is 0.420. The molecule has 2 aromatic rings. The third kappa shape index (κ3) is 1.83. The van der Waals surface area contributed by atoms with Crippen LogP contribution < -0.4 is 5.32 Å². The van der Waals surface area contributed by atoms with E-state index < -0.39 is 0 Å². The first-order chi connectivity index (χ1) is 8.19. The zero-order chi connectivity index (χ0) is 12.4. The lowest BCUT2D eigenvalue weighted by molar-refractivity contribution is 0.873. The highest BCUT2D eigenvalue weighted by Gasteiger charge is 2.11. The Morgan fingerprint density at radius 1 is 1.35 bits per heavy atom. The number of hydrogen-bond donors (Lipinski definition) is 1. The number of aromatic nitrogens is 1. The van der Waals surface area contributed by atoms with Crippen LogP contribution in [0.4, 0.5) is 5.69 Å². The van der Waals surface area contributed by atoms with Gasteiger partial charge in [0.2, 0.25) is 0 Å². The molecule has 0 unspecified atom stereocenters. The number of anilines is 1. The summed E-state index contributed by atoms with van der Waals surface area (Å²) in [6.45, 7) is 4.29. The van der Waals surface area contributed by atoms with Crippen LogP contribution in [-0.4, -0.2) is 12.0 Å². The lowest BCUT2D eigenvalue weighted by Crippen LogP contribution is -1.98. The minimum atomic E-state index is 0.420. The summed E-state index contributed by atoms with van der Waals surface area (Å²) >= 11 is 0. The Labute approximate surface area is 101 Å². The van der Waals surface area contributed by atoms with Crippen LogP contribution in [0.5, 0.6) is 0 Å². The monoisotopic (exact) mass is 225 g/mol. The van der Waals surface area contributed by atoms with Gasteiger partial charge in [-0.3, -0.25) is 4.98 Å². The van der Waals surface area contributed by atoms with Gasteiger partial charge >= 0.3 is 0 Å². The number of fused-ring (bicyclic) bond motifs is 1. The quantitative estimate of drug-likeness (QED) is 0.853. The molecule has 1 N–H and O–H groups in total. The Hall–Kier alpha value is -2.08. The molecule has 0 amide bonds. The summed E-state index contributed by atoms with van der Waals surface area (Å²) < 4.78 is 0. The molecule has 1 aromatic heterocycles. The van der Waals surface area contributed by atoms with E-state index >= 15 is 0 Å². The second-order valence-corrected chi connectivity index (χ2v) is 4.31. The molecule has 2 rings (SSSR count). The summed E-state index contributed by atoms with van der Waals surface area (Å²) in [6.07, 6.45) is 1.64. The van der Waals surface area contributed by atoms with Crippen LogP contribution in [0.1, 0.15) is 30.9 Å². The molecule has 0 aliphatic heterocycles. The average molecular weight is 225 g/mol. The van der Waals surface area contributed by atoms with Crippen LogP contribution in [0, 0.1) is 11.3 Å². The van der Waals surface area contributed by atoms with Gasteiger partial charge in [0.1, 0.15) is 6.07 Å². The first-order valence-corrected chi connectivity index (χ1v) is 5.68. The van der Waals surface area contributed by atoms with Gasteiger partial charge in [-0.25, -0.2) is 0 Å². The molecule has 0 aliphatic rings. The molecule has 1 heterocycles. The number of para-hydroxylation sites is 1. The van der Waals surface area contributed by atoms with E-state index in [-0.39, 0.29) is 0 Å². The number of hydrogen-bond acceptors (Lipinski definition) is 3. The maximum absolute atomic E-state index is 9.06. The van der Waals surface area contributed by atoms with Crippen LogP contribution in [0.2, 0.25) is 0 Å².